The third kappa shape index (κ3) is 2.30. The van der Waals surface area contributed by atoms with Gasteiger partial charge in [-0.1, -0.05) is 35.5 Å². The number of benzene rings is 1. The lowest BCUT2D eigenvalue weighted by Crippen LogP contribution is -2.10. The number of thiazole rings is 1. The van der Waals surface area contributed by atoms with E-state index in [9.17, 15) is 4.79 Å². The van der Waals surface area contributed by atoms with Gasteiger partial charge in [0.05, 0.1) is 15.9 Å². The Hall–Kier alpha value is -2.21. The third-order valence-corrected chi connectivity index (χ3v) is 3.89. The van der Waals surface area contributed by atoms with Gasteiger partial charge in [0.1, 0.15) is 0 Å². The van der Waals surface area contributed by atoms with E-state index < -0.39 is 0 Å². The molecule has 5 nitrogen and oxygen atoms in total. The predicted molar refractivity (Wildman–Crippen MR) is 78.2 cm³/mol. The zero-order valence-electron chi connectivity index (χ0n) is 11.1. The van der Waals surface area contributed by atoms with Crippen LogP contribution in [0.15, 0.2) is 28.8 Å². The Morgan fingerprint density at radius 2 is 2.30 bits per heavy atom. The Morgan fingerprint density at radius 1 is 1.45 bits per heavy atom. The summed E-state index contributed by atoms with van der Waals surface area (Å²) in [6.45, 7) is 3.86. The van der Waals surface area contributed by atoms with Crippen molar-refractivity contribution in [3.8, 4) is 0 Å². The highest BCUT2D eigenvalue weighted by molar-refractivity contribution is 7.22. The maximum Gasteiger partial charge on any atom is 0.296 e. The number of carbonyl (C=O) groups is 1. The van der Waals surface area contributed by atoms with Gasteiger partial charge in [0, 0.05) is 6.07 Å². The molecular weight excluding hydrogens is 274 g/mol. The molecule has 3 aromatic rings. The van der Waals surface area contributed by atoms with E-state index in [1.165, 1.54) is 16.9 Å². The average molecular weight is 287 g/mol. The minimum atomic E-state index is -0.331. The van der Waals surface area contributed by atoms with Crippen molar-refractivity contribution in [3.05, 3.63) is 41.3 Å². The van der Waals surface area contributed by atoms with Crippen molar-refractivity contribution >= 4 is 32.6 Å². The SMILES string of the molecule is CCc1cccc2sc(NC(=O)c3cc(C)no3)nc12. The van der Waals surface area contributed by atoms with Crippen molar-refractivity contribution in [1.82, 2.24) is 10.1 Å². The van der Waals surface area contributed by atoms with Crippen molar-refractivity contribution in [3.63, 3.8) is 0 Å². The Kier molecular flexibility index (Phi) is 3.23. The van der Waals surface area contributed by atoms with Crippen molar-refractivity contribution in [1.29, 1.82) is 0 Å². The minimum absolute atomic E-state index is 0.192. The first-order chi connectivity index (χ1) is 9.67. The lowest BCUT2D eigenvalue weighted by Gasteiger charge is -1.96. The van der Waals surface area contributed by atoms with E-state index in [2.05, 4.69) is 22.4 Å². The zero-order chi connectivity index (χ0) is 14.1. The zero-order valence-corrected chi connectivity index (χ0v) is 12.0. The van der Waals surface area contributed by atoms with Gasteiger partial charge in [-0.3, -0.25) is 10.1 Å². The molecule has 102 valence electrons. The Balaban J connectivity index is 1.89. The van der Waals surface area contributed by atoms with Crippen LogP contribution < -0.4 is 5.32 Å². The summed E-state index contributed by atoms with van der Waals surface area (Å²) in [7, 11) is 0. The number of hydrogen-bond acceptors (Lipinski definition) is 5. The topological polar surface area (TPSA) is 68.0 Å². The van der Waals surface area contributed by atoms with Gasteiger partial charge in [-0.15, -0.1) is 0 Å². The summed E-state index contributed by atoms with van der Waals surface area (Å²) < 4.78 is 6.00. The van der Waals surface area contributed by atoms with Crippen LogP contribution in [0.25, 0.3) is 10.2 Å². The first-order valence-electron chi connectivity index (χ1n) is 6.30. The molecule has 0 unspecified atom stereocenters. The molecule has 0 saturated heterocycles. The van der Waals surface area contributed by atoms with Gasteiger partial charge in [-0.25, -0.2) is 4.98 Å². The number of carbonyl (C=O) groups excluding carboxylic acids is 1. The van der Waals surface area contributed by atoms with Crippen LogP contribution in [0, 0.1) is 6.92 Å². The summed E-state index contributed by atoms with van der Waals surface area (Å²) in [5.41, 5.74) is 2.80. The highest BCUT2D eigenvalue weighted by Gasteiger charge is 2.14. The van der Waals surface area contributed by atoms with Crippen LogP contribution >= 0.6 is 11.3 Å². The normalized spacial score (nSPS) is 10.9. The molecule has 0 aliphatic rings. The molecule has 0 aliphatic heterocycles. The fourth-order valence-electron chi connectivity index (χ4n) is 1.97. The molecule has 1 N–H and O–H groups in total. The molecule has 1 aromatic carbocycles. The van der Waals surface area contributed by atoms with Crippen LogP contribution in [0.5, 0.6) is 0 Å². The smallest absolute Gasteiger partial charge is 0.296 e. The largest absolute Gasteiger partial charge is 0.351 e. The molecule has 0 spiro atoms. The number of anilines is 1. The van der Waals surface area contributed by atoms with Gasteiger partial charge in [-0.05, 0) is 25.0 Å². The highest BCUT2D eigenvalue weighted by atomic mass is 32.1. The fraction of sp³-hybridized carbons (Fsp3) is 0.214. The molecule has 0 fully saturated rings. The van der Waals surface area contributed by atoms with Crippen LogP contribution in [0.4, 0.5) is 5.13 Å². The van der Waals surface area contributed by atoms with Gasteiger partial charge in [0.25, 0.3) is 5.91 Å². The second-order valence-corrected chi connectivity index (χ2v) is 5.45. The number of aromatic nitrogens is 2. The van der Waals surface area contributed by atoms with Crippen molar-refractivity contribution in [2.75, 3.05) is 5.32 Å². The quantitative estimate of drug-likeness (QED) is 0.801. The summed E-state index contributed by atoms with van der Waals surface area (Å²) in [6, 6.07) is 7.65. The second kappa shape index (κ2) is 5.05. The van der Waals surface area contributed by atoms with E-state index in [1.54, 1.807) is 13.0 Å². The third-order valence-electron chi connectivity index (χ3n) is 2.96. The van der Waals surface area contributed by atoms with E-state index in [1.807, 2.05) is 18.2 Å². The monoisotopic (exact) mass is 287 g/mol. The minimum Gasteiger partial charge on any atom is -0.351 e. The maximum atomic E-state index is 12.0. The van der Waals surface area contributed by atoms with Crippen LogP contribution in [0.1, 0.15) is 28.7 Å². The Labute approximate surface area is 119 Å². The number of rotatable bonds is 3. The summed E-state index contributed by atoms with van der Waals surface area (Å²) >= 11 is 1.45. The molecule has 0 aliphatic carbocycles. The van der Waals surface area contributed by atoms with Gasteiger partial charge < -0.3 is 4.52 Å². The first-order valence-corrected chi connectivity index (χ1v) is 7.12. The standard InChI is InChI=1S/C14H13N3O2S/c1-3-9-5-4-6-11-12(9)15-14(20-11)16-13(18)10-7-8(2)17-19-10/h4-7H,3H2,1-2H3,(H,15,16,18). The number of hydrogen-bond donors (Lipinski definition) is 1. The number of nitrogens with zero attached hydrogens (tertiary/aromatic N) is 2. The molecule has 0 atom stereocenters. The number of aryl methyl sites for hydroxylation is 2. The summed E-state index contributed by atoms with van der Waals surface area (Å²) in [6.07, 6.45) is 0.912. The van der Waals surface area contributed by atoms with Gasteiger partial charge in [0.2, 0.25) is 5.76 Å². The number of fused-ring (bicyclic) bond motifs is 1. The molecule has 2 aromatic heterocycles. The fourth-order valence-corrected chi connectivity index (χ4v) is 2.88. The van der Waals surface area contributed by atoms with E-state index in [4.69, 9.17) is 4.52 Å². The lowest BCUT2D eigenvalue weighted by atomic mass is 10.1. The van der Waals surface area contributed by atoms with Crippen LogP contribution in [0.2, 0.25) is 0 Å². The second-order valence-electron chi connectivity index (χ2n) is 4.42. The van der Waals surface area contributed by atoms with Crippen LogP contribution in [0.3, 0.4) is 0 Å². The van der Waals surface area contributed by atoms with Gasteiger partial charge in [0.15, 0.2) is 5.13 Å². The maximum absolute atomic E-state index is 12.0. The molecule has 6 heteroatoms. The highest BCUT2D eigenvalue weighted by Crippen LogP contribution is 2.28. The first kappa shape index (κ1) is 12.8. The van der Waals surface area contributed by atoms with E-state index in [0.29, 0.717) is 10.8 Å². The number of para-hydroxylation sites is 1. The van der Waals surface area contributed by atoms with Crippen molar-refractivity contribution in [2.24, 2.45) is 0 Å². The lowest BCUT2D eigenvalue weighted by molar-refractivity contribution is 0.0988. The molecule has 0 bridgehead atoms. The summed E-state index contributed by atoms with van der Waals surface area (Å²) in [4.78, 5) is 16.5. The Bertz CT molecular complexity index is 776. The predicted octanol–water partition coefficient (Wildman–Crippen LogP) is 3.41. The molecule has 1 amide bonds. The van der Waals surface area contributed by atoms with Gasteiger partial charge >= 0.3 is 0 Å². The molecule has 2 heterocycles. The molecule has 0 saturated carbocycles. The average Bonchev–Trinajstić information content (AvgIpc) is 3.03. The summed E-state index contributed by atoms with van der Waals surface area (Å²) in [5.74, 6) is -0.139. The van der Waals surface area contributed by atoms with Crippen molar-refractivity contribution in [2.45, 2.75) is 20.3 Å². The number of amides is 1. The van der Waals surface area contributed by atoms with E-state index in [-0.39, 0.29) is 11.7 Å². The van der Waals surface area contributed by atoms with Gasteiger partial charge in [-0.2, -0.15) is 0 Å². The van der Waals surface area contributed by atoms with E-state index in [0.717, 1.165) is 16.6 Å². The van der Waals surface area contributed by atoms with Crippen LogP contribution in [-0.4, -0.2) is 16.0 Å². The molecular formula is C14H13N3O2S. The summed E-state index contributed by atoms with van der Waals surface area (Å²) in [5, 5.41) is 7.01. The molecule has 0 radical (unpaired) electrons. The van der Waals surface area contributed by atoms with Crippen LogP contribution in [-0.2, 0) is 6.42 Å². The molecule has 20 heavy (non-hydrogen) atoms. The van der Waals surface area contributed by atoms with E-state index >= 15 is 0 Å². The van der Waals surface area contributed by atoms with Crippen molar-refractivity contribution < 1.29 is 9.32 Å². The number of nitrogens with one attached hydrogen (secondary N) is 1. The Morgan fingerprint density at radius 3 is 3.00 bits per heavy atom. The molecule has 3 rings (SSSR count).